The fraction of sp³-hybridized carbons (Fsp3) is 0.556. The van der Waals surface area contributed by atoms with Gasteiger partial charge in [0.1, 0.15) is 0 Å². The molecule has 5 heteroatoms. The number of carbonyl (C=O) groups excluding carboxylic acids is 2. The van der Waals surface area contributed by atoms with Gasteiger partial charge in [-0.05, 0) is 41.9 Å². The van der Waals surface area contributed by atoms with Crippen molar-refractivity contribution in [3.63, 3.8) is 0 Å². The van der Waals surface area contributed by atoms with Crippen molar-refractivity contribution in [3.8, 4) is 0 Å². The molecule has 3 rings (SSSR count). The Hall–Kier alpha value is -1.49. The Morgan fingerprint density at radius 2 is 2.13 bits per heavy atom. The second-order valence-corrected chi connectivity index (χ2v) is 7.45. The molecule has 2 aliphatic heterocycles. The number of nitrogens with zero attached hydrogens (tertiary/aromatic N) is 1. The molecule has 2 saturated heterocycles. The molecule has 2 aliphatic rings. The number of anilines is 1. The first-order chi connectivity index (χ1) is 11.2. The van der Waals surface area contributed by atoms with Crippen LogP contribution in [0.4, 0.5) is 5.69 Å². The fourth-order valence-electron chi connectivity index (χ4n) is 3.18. The highest BCUT2D eigenvalue weighted by Crippen LogP contribution is 2.29. The quantitative estimate of drug-likeness (QED) is 0.871. The van der Waals surface area contributed by atoms with Crippen molar-refractivity contribution >= 4 is 29.3 Å². The van der Waals surface area contributed by atoms with Crippen LogP contribution in [0.1, 0.15) is 25.3 Å². The van der Waals surface area contributed by atoms with Gasteiger partial charge in [-0.3, -0.25) is 9.59 Å². The third-order valence-corrected chi connectivity index (χ3v) is 6.13. The Balaban J connectivity index is 1.57. The molecule has 124 valence electrons. The number of rotatable bonds is 6. The molecule has 4 nitrogen and oxygen atoms in total. The molecule has 0 unspecified atom stereocenters. The van der Waals surface area contributed by atoms with Crippen LogP contribution < -0.4 is 10.2 Å². The van der Waals surface area contributed by atoms with Crippen molar-refractivity contribution in [1.29, 1.82) is 0 Å². The van der Waals surface area contributed by atoms with E-state index in [1.807, 2.05) is 36.0 Å². The van der Waals surface area contributed by atoms with Crippen molar-refractivity contribution in [2.24, 2.45) is 11.8 Å². The van der Waals surface area contributed by atoms with Crippen molar-refractivity contribution in [1.82, 2.24) is 5.32 Å². The monoisotopic (exact) mass is 332 g/mol. The summed E-state index contributed by atoms with van der Waals surface area (Å²) >= 11 is 1.97. The number of para-hydroxylation sites is 1. The van der Waals surface area contributed by atoms with Gasteiger partial charge in [0, 0.05) is 25.2 Å². The Kier molecular flexibility index (Phi) is 5.26. The standard InChI is InChI=1S/C18H24N2O2S/c1-2-14-5-3-4-6-16(14)20-10-15(9-17(20)21)18(22)19-8-7-13-11-23-12-13/h3-6,13,15H,2,7-12H2,1H3,(H,19,22)/t15-/m0/s1. The van der Waals surface area contributed by atoms with Gasteiger partial charge in [-0.2, -0.15) is 11.8 Å². The minimum Gasteiger partial charge on any atom is -0.356 e. The molecule has 23 heavy (non-hydrogen) atoms. The van der Waals surface area contributed by atoms with Crippen LogP contribution in [-0.2, 0) is 16.0 Å². The minimum absolute atomic E-state index is 0.0295. The number of aryl methyl sites for hydroxylation is 1. The van der Waals surface area contributed by atoms with E-state index in [-0.39, 0.29) is 17.7 Å². The number of carbonyl (C=O) groups is 2. The maximum Gasteiger partial charge on any atom is 0.227 e. The molecule has 0 aromatic heterocycles. The van der Waals surface area contributed by atoms with Gasteiger partial charge in [0.15, 0.2) is 0 Å². The van der Waals surface area contributed by atoms with E-state index < -0.39 is 0 Å². The number of benzene rings is 1. The summed E-state index contributed by atoms with van der Waals surface area (Å²) in [5.74, 6) is 3.07. The summed E-state index contributed by atoms with van der Waals surface area (Å²) < 4.78 is 0. The SMILES string of the molecule is CCc1ccccc1N1C[C@@H](C(=O)NCCC2CSC2)CC1=O. The van der Waals surface area contributed by atoms with Gasteiger partial charge in [0.05, 0.1) is 5.92 Å². The second kappa shape index (κ2) is 7.39. The molecule has 2 amide bonds. The zero-order valence-electron chi connectivity index (χ0n) is 13.6. The first-order valence-electron chi connectivity index (χ1n) is 8.42. The lowest BCUT2D eigenvalue weighted by molar-refractivity contribution is -0.126. The molecule has 1 N–H and O–H groups in total. The van der Waals surface area contributed by atoms with Crippen LogP contribution in [0.5, 0.6) is 0 Å². The maximum absolute atomic E-state index is 12.3. The van der Waals surface area contributed by atoms with Crippen molar-refractivity contribution in [3.05, 3.63) is 29.8 Å². The van der Waals surface area contributed by atoms with E-state index in [1.54, 1.807) is 4.90 Å². The van der Waals surface area contributed by atoms with Crippen molar-refractivity contribution < 1.29 is 9.59 Å². The van der Waals surface area contributed by atoms with E-state index in [2.05, 4.69) is 12.2 Å². The Morgan fingerprint density at radius 1 is 1.35 bits per heavy atom. The van der Waals surface area contributed by atoms with Crippen LogP contribution in [0.15, 0.2) is 24.3 Å². The van der Waals surface area contributed by atoms with Crippen LogP contribution in [0.3, 0.4) is 0 Å². The average molecular weight is 332 g/mol. The Bertz CT molecular complexity index is 586. The molecule has 0 aliphatic carbocycles. The predicted octanol–water partition coefficient (Wildman–Crippen LogP) is 2.47. The molecule has 2 fully saturated rings. The highest BCUT2D eigenvalue weighted by Gasteiger charge is 2.35. The Morgan fingerprint density at radius 3 is 2.83 bits per heavy atom. The molecule has 0 saturated carbocycles. The molecule has 0 radical (unpaired) electrons. The zero-order valence-corrected chi connectivity index (χ0v) is 14.4. The normalized spacial score (nSPS) is 21.3. The van der Waals surface area contributed by atoms with Gasteiger partial charge in [-0.25, -0.2) is 0 Å². The van der Waals surface area contributed by atoms with Gasteiger partial charge in [0.25, 0.3) is 0 Å². The average Bonchev–Trinajstić information content (AvgIpc) is 2.91. The van der Waals surface area contributed by atoms with E-state index >= 15 is 0 Å². The largest absolute Gasteiger partial charge is 0.356 e. The van der Waals surface area contributed by atoms with Crippen LogP contribution in [0.2, 0.25) is 0 Å². The fourth-order valence-corrected chi connectivity index (χ4v) is 4.09. The van der Waals surface area contributed by atoms with Gasteiger partial charge in [-0.1, -0.05) is 25.1 Å². The first kappa shape index (κ1) is 16.4. The lowest BCUT2D eigenvalue weighted by Gasteiger charge is -2.25. The third-order valence-electron chi connectivity index (χ3n) is 4.72. The lowest BCUT2D eigenvalue weighted by Crippen LogP contribution is -2.35. The van der Waals surface area contributed by atoms with Gasteiger partial charge in [0.2, 0.25) is 11.8 Å². The van der Waals surface area contributed by atoms with Crippen molar-refractivity contribution in [2.45, 2.75) is 26.2 Å². The molecule has 0 spiro atoms. The number of hydrogen-bond acceptors (Lipinski definition) is 3. The highest BCUT2D eigenvalue weighted by atomic mass is 32.2. The number of nitrogens with one attached hydrogen (secondary N) is 1. The number of thioether (sulfide) groups is 1. The van der Waals surface area contributed by atoms with Crippen LogP contribution >= 0.6 is 11.8 Å². The summed E-state index contributed by atoms with van der Waals surface area (Å²) in [5, 5.41) is 3.02. The topological polar surface area (TPSA) is 49.4 Å². The van der Waals surface area contributed by atoms with Crippen molar-refractivity contribution in [2.75, 3.05) is 29.5 Å². The second-order valence-electron chi connectivity index (χ2n) is 6.37. The van der Waals surface area contributed by atoms with E-state index in [1.165, 1.54) is 11.5 Å². The summed E-state index contributed by atoms with van der Waals surface area (Å²) in [7, 11) is 0. The lowest BCUT2D eigenvalue weighted by atomic mass is 10.1. The molecule has 1 aromatic carbocycles. The molecule has 1 atom stereocenters. The van der Waals surface area contributed by atoms with E-state index in [0.29, 0.717) is 13.0 Å². The van der Waals surface area contributed by atoms with E-state index in [4.69, 9.17) is 0 Å². The maximum atomic E-state index is 12.3. The molecule has 1 aromatic rings. The minimum atomic E-state index is -0.219. The molecular formula is C18H24N2O2S. The van der Waals surface area contributed by atoms with Gasteiger partial charge < -0.3 is 10.2 Å². The molecule has 2 heterocycles. The van der Waals surface area contributed by atoms with Crippen LogP contribution in [0, 0.1) is 11.8 Å². The number of hydrogen-bond donors (Lipinski definition) is 1. The summed E-state index contributed by atoms with van der Waals surface area (Å²) in [6.07, 6.45) is 2.27. The summed E-state index contributed by atoms with van der Waals surface area (Å²) in [4.78, 5) is 26.4. The molecule has 0 bridgehead atoms. The highest BCUT2D eigenvalue weighted by molar-refractivity contribution is 8.00. The summed E-state index contributed by atoms with van der Waals surface area (Å²) in [6.45, 7) is 3.32. The van der Waals surface area contributed by atoms with E-state index in [9.17, 15) is 9.59 Å². The van der Waals surface area contributed by atoms with Crippen LogP contribution in [-0.4, -0.2) is 36.4 Å². The summed E-state index contributed by atoms with van der Waals surface area (Å²) in [6, 6.07) is 7.97. The van der Waals surface area contributed by atoms with Gasteiger partial charge in [-0.15, -0.1) is 0 Å². The van der Waals surface area contributed by atoms with Gasteiger partial charge >= 0.3 is 0 Å². The summed E-state index contributed by atoms with van der Waals surface area (Å²) in [5.41, 5.74) is 2.12. The predicted molar refractivity (Wildman–Crippen MR) is 94.7 cm³/mol. The first-order valence-corrected chi connectivity index (χ1v) is 9.58. The smallest absolute Gasteiger partial charge is 0.227 e. The van der Waals surface area contributed by atoms with Crippen LogP contribution in [0.25, 0.3) is 0 Å². The number of amides is 2. The third kappa shape index (κ3) is 3.71. The Labute approximate surface area is 142 Å². The zero-order chi connectivity index (χ0) is 16.2. The molecular weight excluding hydrogens is 308 g/mol. The van der Waals surface area contributed by atoms with E-state index in [0.717, 1.165) is 36.6 Å².